The molecule has 0 rings (SSSR count). The van der Waals surface area contributed by atoms with Gasteiger partial charge in [-0.3, -0.25) is 0 Å². The molecular formula is C13H26N2O3. The topological polar surface area (TPSA) is 67.9 Å². The van der Waals surface area contributed by atoms with Crippen molar-refractivity contribution in [2.45, 2.75) is 58.1 Å². The van der Waals surface area contributed by atoms with E-state index < -0.39 is 12.1 Å². The normalized spacial score (nSPS) is 16.1. The minimum absolute atomic E-state index is 0.237. The standard InChI is InChI=1S/C13H26N2O3/c1-4-5-6-7-8-9-10-15(17)14-13(11-18-3)12(2)16/h9-10,12-13,16H,4-8,11H2,1-3H3. The minimum Gasteiger partial charge on any atom is -0.595 e. The zero-order valence-corrected chi connectivity index (χ0v) is 11.7. The van der Waals surface area contributed by atoms with Crippen molar-refractivity contribution in [1.29, 1.82) is 0 Å². The Bertz CT molecular complexity index is 253. The summed E-state index contributed by atoms with van der Waals surface area (Å²) < 4.78 is 4.89. The molecule has 0 aliphatic heterocycles. The number of allylic oxidation sites excluding steroid dienone is 1. The Morgan fingerprint density at radius 1 is 1.39 bits per heavy atom. The van der Waals surface area contributed by atoms with E-state index in [0.29, 0.717) is 4.86 Å². The Hall–Kier alpha value is -0.940. The molecule has 0 aliphatic carbocycles. The quantitative estimate of drug-likeness (QED) is 0.283. The van der Waals surface area contributed by atoms with Gasteiger partial charge in [0.05, 0.1) is 12.7 Å². The van der Waals surface area contributed by atoms with Crippen molar-refractivity contribution in [2.24, 2.45) is 5.11 Å². The van der Waals surface area contributed by atoms with Crippen molar-refractivity contribution in [2.75, 3.05) is 13.7 Å². The number of ether oxygens (including phenoxy) is 1. The van der Waals surface area contributed by atoms with Crippen LogP contribution in [-0.2, 0) is 4.74 Å². The second kappa shape index (κ2) is 11.2. The first-order chi connectivity index (χ1) is 8.61. The fraction of sp³-hybridized carbons (Fsp3) is 0.846. The summed E-state index contributed by atoms with van der Waals surface area (Å²) in [6.45, 7) is 4.00. The molecule has 0 spiro atoms. The lowest BCUT2D eigenvalue weighted by atomic mass is 10.1. The van der Waals surface area contributed by atoms with Crippen LogP contribution in [0, 0.1) is 5.21 Å². The zero-order chi connectivity index (χ0) is 13.8. The number of rotatable bonds is 10. The molecule has 0 fully saturated rings. The van der Waals surface area contributed by atoms with Gasteiger partial charge in [0.1, 0.15) is 0 Å². The van der Waals surface area contributed by atoms with Gasteiger partial charge in [0.2, 0.25) is 6.20 Å². The molecule has 2 atom stereocenters. The van der Waals surface area contributed by atoms with Gasteiger partial charge in [-0.25, -0.2) is 0 Å². The highest BCUT2D eigenvalue weighted by Gasteiger charge is 2.17. The molecule has 0 amide bonds. The highest BCUT2D eigenvalue weighted by molar-refractivity contribution is 4.73. The molecule has 106 valence electrons. The molecule has 0 saturated heterocycles. The first-order valence-corrected chi connectivity index (χ1v) is 6.62. The third kappa shape index (κ3) is 9.13. The van der Waals surface area contributed by atoms with Crippen molar-refractivity contribution >= 4 is 0 Å². The molecule has 18 heavy (non-hydrogen) atoms. The van der Waals surface area contributed by atoms with Crippen LogP contribution in [0.2, 0.25) is 0 Å². The van der Waals surface area contributed by atoms with Crippen LogP contribution in [0.5, 0.6) is 0 Å². The van der Waals surface area contributed by atoms with Crippen LogP contribution in [0.1, 0.15) is 46.0 Å². The third-order valence-electron chi connectivity index (χ3n) is 2.61. The number of hydrogen-bond donors (Lipinski definition) is 1. The summed E-state index contributed by atoms with van der Waals surface area (Å²) in [7, 11) is 1.52. The van der Waals surface area contributed by atoms with Gasteiger partial charge in [-0.1, -0.05) is 31.0 Å². The Morgan fingerprint density at radius 3 is 2.67 bits per heavy atom. The summed E-state index contributed by atoms with van der Waals surface area (Å²) in [6, 6.07) is -0.516. The second-order valence-corrected chi connectivity index (χ2v) is 4.42. The first-order valence-electron chi connectivity index (χ1n) is 6.62. The number of nitrogens with zero attached hydrogens (tertiary/aromatic N) is 2. The van der Waals surface area contributed by atoms with E-state index in [4.69, 9.17) is 4.74 Å². The van der Waals surface area contributed by atoms with Crippen molar-refractivity contribution in [1.82, 2.24) is 0 Å². The van der Waals surface area contributed by atoms with E-state index in [1.54, 1.807) is 6.92 Å². The number of hydroxylamine groups is 1. The molecule has 0 aromatic heterocycles. The fourth-order valence-corrected chi connectivity index (χ4v) is 1.48. The summed E-state index contributed by atoms with van der Waals surface area (Å²) in [5.74, 6) is 0. The highest BCUT2D eigenvalue weighted by atomic mass is 16.5. The predicted molar refractivity (Wildman–Crippen MR) is 71.3 cm³/mol. The van der Waals surface area contributed by atoms with Crippen LogP contribution in [0.25, 0.3) is 0 Å². The Balaban J connectivity index is 4.02. The van der Waals surface area contributed by atoms with Gasteiger partial charge in [-0.15, -0.1) is 0 Å². The lowest BCUT2D eigenvalue weighted by molar-refractivity contribution is -0.464. The Labute approximate surface area is 110 Å². The number of azo groups is 1. The van der Waals surface area contributed by atoms with Crippen molar-refractivity contribution < 1.29 is 14.7 Å². The van der Waals surface area contributed by atoms with Crippen LogP contribution >= 0.6 is 0 Å². The molecule has 0 heterocycles. The average Bonchev–Trinajstić information content (AvgIpc) is 2.33. The number of unbranched alkanes of at least 4 members (excludes halogenated alkanes) is 4. The minimum atomic E-state index is -0.695. The molecule has 0 aromatic rings. The SMILES string of the molecule is CCCCCCC=C[N+]([O-])=NC(COC)C(C)O. The molecule has 0 saturated carbocycles. The van der Waals surface area contributed by atoms with E-state index in [2.05, 4.69) is 12.0 Å². The van der Waals surface area contributed by atoms with Crippen LogP contribution in [0.15, 0.2) is 17.4 Å². The molecule has 0 radical (unpaired) electrons. The van der Waals surface area contributed by atoms with Crippen molar-refractivity contribution in [3.8, 4) is 0 Å². The van der Waals surface area contributed by atoms with E-state index in [-0.39, 0.29) is 6.61 Å². The van der Waals surface area contributed by atoms with Crippen LogP contribution < -0.4 is 0 Å². The molecule has 0 aliphatic rings. The van der Waals surface area contributed by atoms with Gasteiger partial charge < -0.3 is 15.1 Å². The maximum atomic E-state index is 11.4. The molecule has 5 nitrogen and oxygen atoms in total. The van der Waals surface area contributed by atoms with E-state index in [1.165, 1.54) is 32.6 Å². The van der Waals surface area contributed by atoms with Gasteiger partial charge in [-0.05, 0) is 31.0 Å². The van der Waals surface area contributed by atoms with Gasteiger partial charge in [0.25, 0.3) is 0 Å². The number of aliphatic hydroxyl groups is 1. The van der Waals surface area contributed by atoms with Crippen LogP contribution in [-0.4, -0.2) is 35.8 Å². The summed E-state index contributed by atoms with van der Waals surface area (Å²) >= 11 is 0. The maximum absolute atomic E-state index is 11.4. The average molecular weight is 258 g/mol. The van der Waals surface area contributed by atoms with E-state index in [1.807, 2.05) is 6.08 Å². The smallest absolute Gasteiger partial charge is 0.205 e. The molecule has 0 aromatic carbocycles. The van der Waals surface area contributed by atoms with Gasteiger partial charge in [0, 0.05) is 7.11 Å². The monoisotopic (exact) mass is 258 g/mol. The van der Waals surface area contributed by atoms with E-state index >= 15 is 0 Å². The van der Waals surface area contributed by atoms with Gasteiger partial charge >= 0.3 is 0 Å². The molecular weight excluding hydrogens is 232 g/mol. The predicted octanol–water partition coefficient (Wildman–Crippen LogP) is 2.83. The summed E-state index contributed by atoms with van der Waals surface area (Å²) in [4.78, 5) is 0.510. The number of aliphatic hydroxyl groups excluding tert-OH is 1. The number of hydrogen-bond acceptors (Lipinski definition) is 4. The summed E-state index contributed by atoms with van der Waals surface area (Å²) in [6.07, 6.45) is 8.14. The van der Waals surface area contributed by atoms with Gasteiger partial charge in [-0.2, -0.15) is 0 Å². The van der Waals surface area contributed by atoms with Gasteiger partial charge in [0.15, 0.2) is 6.04 Å². The third-order valence-corrected chi connectivity index (χ3v) is 2.61. The molecule has 1 N–H and O–H groups in total. The van der Waals surface area contributed by atoms with Crippen LogP contribution in [0.4, 0.5) is 0 Å². The largest absolute Gasteiger partial charge is 0.595 e. The fourth-order valence-electron chi connectivity index (χ4n) is 1.48. The first kappa shape index (κ1) is 17.1. The molecule has 5 heteroatoms. The Kier molecular flexibility index (Phi) is 10.6. The lowest BCUT2D eigenvalue weighted by Crippen LogP contribution is -2.27. The highest BCUT2D eigenvalue weighted by Crippen LogP contribution is 2.04. The van der Waals surface area contributed by atoms with Crippen molar-refractivity contribution in [3.63, 3.8) is 0 Å². The second-order valence-electron chi connectivity index (χ2n) is 4.42. The van der Waals surface area contributed by atoms with E-state index in [0.717, 1.165) is 12.8 Å². The lowest BCUT2D eigenvalue weighted by Gasteiger charge is -2.11. The molecule has 2 unspecified atom stereocenters. The summed E-state index contributed by atoms with van der Waals surface area (Å²) in [5.41, 5.74) is 0. The summed E-state index contributed by atoms with van der Waals surface area (Å²) in [5, 5.41) is 24.6. The van der Waals surface area contributed by atoms with E-state index in [9.17, 15) is 10.3 Å². The number of methoxy groups -OCH3 is 1. The molecule has 0 bridgehead atoms. The zero-order valence-electron chi connectivity index (χ0n) is 11.7. The Morgan fingerprint density at radius 2 is 2.11 bits per heavy atom. The van der Waals surface area contributed by atoms with Crippen molar-refractivity contribution in [3.05, 3.63) is 17.5 Å². The maximum Gasteiger partial charge on any atom is 0.205 e. The van der Waals surface area contributed by atoms with Crippen LogP contribution in [0.3, 0.4) is 0 Å².